The zero-order valence-corrected chi connectivity index (χ0v) is 24.0. The van der Waals surface area contributed by atoms with Crippen LogP contribution in [0.5, 0.6) is 5.88 Å². The third kappa shape index (κ3) is 6.15. The monoisotopic (exact) mass is 520 g/mol. The van der Waals surface area contributed by atoms with Gasteiger partial charge in [0.2, 0.25) is 5.88 Å². The summed E-state index contributed by atoms with van der Waals surface area (Å²) in [6.45, 7) is 8.95. The van der Waals surface area contributed by atoms with E-state index in [9.17, 15) is 0 Å². The third-order valence-corrected chi connectivity index (χ3v) is 9.17. The largest absolute Gasteiger partial charge is 0.481 e. The Kier molecular flexibility index (Phi) is 9.90. The lowest BCUT2D eigenvalue weighted by Crippen LogP contribution is -2.35. The number of benzene rings is 2. The molecule has 0 bridgehead atoms. The number of hydrogen-bond donors (Lipinski definition) is 1. The van der Waals surface area contributed by atoms with E-state index in [-0.39, 0.29) is 5.41 Å². The Morgan fingerprint density at radius 3 is 2.46 bits per heavy atom. The van der Waals surface area contributed by atoms with Crippen molar-refractivity contribution in [1.82, 2.24) is 10.3 Å². The Bertz CT molecular complexity index is 1140. The predicted octanol–water partition coefficient (Wildman–Crippen LogP) is 8.74. The highest BCUT2D eigenvalue weighted by Crippen LogP contribution is 2.45. The standard InChI is InChI=1S/C33H45ClN2O/c1-5-13-25(20-21-35-6-2)33(3,26-16-11-8-12-17-26)27-18-19-30-28(23-27)31(34)29(32(36-30)37-4)22-24-14-9-7-10-15-24/h8,11-12,16-19,23-25,35H,5-7,9-10,13-15,20-22H2,1-4H3. The molecule has 1 aliphatic rings. The van der Waals surface area contributed by atoms with Crippen molar-refractivity contribution >= 4 is 22.5 Å². The molecule has 4 heteroatoms. The van der Waals surface area contributed by atoms with Crippen LogP contribution in [0.3, 0.4) is 0 Å². The van der Waals surface area contributed by atoms with E-state index in [2.05, 4.69) is 74.6 Å². The van der Waals surface area contributed by atoms with Gasteiger partial charge in [0, 0.05) is 16.4 Å². The molecule has 1 N–H and O–H groups in total. The molecule has 2 unspecified atom stereocenters. The number of methoxy groups -OCH3 is 1. The molecule has 3 nitrogen and oxygen atoms in total. The summed E-state index contributed by atoms with van der Waals surface area (Å²) in [5, 5.41) is 5.44. The van der Waals surface area contributed by atoms with Crippen LogP contribution in [-0.4, -0.2) is 25.2 Å². The summed E-state index contributed by atoms with van der Waals surface area (Å²) in [6.07, 6.45) is 11.0. The summed E-state index contributed by atoms with van der Waals surface area (Å²) < 4.78 is 5.77. The van der Waals surface area contributed by atoms with Crippen molar-refractivity contribution in [3.63, 3.8) is 0 Å². The maximum Gasteiger partial charge on any atom is 0.218 e. The highest BCUT2D eigenvalue weighted by Gasteiger charge is 2.37. The summed E-state index contributed by atoms with van der Waals surface area (Å²) in [7, 11) is 1.72. The second-order valence-corrected chi connectivity index (χ2v) is 11.4. The maximum absolute atomic E-state index is 7.23. The van der Waals surface area contributed by atoms with E-state index in [1.807, 2.05) is 0 Å². The average Bonchev–Trinajstić information content (AvgIpc) is 2.94. The average molecular weight is 521 g/mol. The van der Waals surface area contributed by atoms with Crippen molar-refractivity contribution < 1.29 is 4.74 Å². The van der Waals surface area contributed by atoms with Gasteiger partial charge in [-0.25, -0.2) is 4.98 Å². The Balaban J connectivity index is 1.82. The van der Waals surface area contributed by atoms with Gasteiger partial charge >= 0.3 is 0 Å². The van der Waals surface area contributed by atoms with Crippen LogP contribution in [0, 0.1) is 11.8 Å². The van der Waals surface area contributed by atoms with Crippen molar-refractivity contribution in [1.29, 1.82) is 0 Å². The number of nitrogens with zero attached hydrogens (tertiary/aromatic N) is 1. The smallest absolute Gasteiger partial charge is 0.218 e. The lowest BCUT2D eigenvalue weighted by Gasteiger charge is -2.40. The molecule has 2 atom stereocenters. The molecule has 37 heavy (non-hydrogen) atoms. The summed E-state index contributed by atoms with van der Waals surface area (Å²) in [5.74, 6) is 1.86. The lowest BCUT2D eigenvalue weighted by atomic mass is 9.64. The first-order chi connectivity index (χ1) is 18.0. The van der Waals surface area contributed by atoms with Gasteiger partial charge in [-0.05, 0) is 67.4 Å². The van der Waals surface area contributed by atoms with Crippen LogP contribution < -0.4 is 10.1 Å². The quantitative estimate of drug-likeness (QED) is 0.242. The van der Waals surface area contributed by atoms with Crippen LogP contribution in [0.2, 0.25) is 5.02 Å². The first-order valence-electron chi connectivity index (χ1n) is 14.5. The van der Waals surface area contributed by atoms with Gasteiger partial charge in [0.25, 0.3) is 0 Å². The van der Waals surface area contributed by atoms with Crippen LogP contribution in [0.15, 0.2) is 48.5 Å². The van der Waals surface area contributed by atoms with Crippen LogP contribution >= 0.6 is 11.6 Å². The Morgan fingerprint density at radius 1 is 1.03 bits per heavy atom. The van der Waals surface area contributed by atoms with E-state index in [1.165, 1.54) is 49.7 Å². The van der Waals surface area contributed by atoms with Crippen molar-refractivity contribution in [2.24, 2.45) is 11.8 Å². The minimum atomic E-state index is -0.131. The molecule has 3 aromatic rings. The van der Waals surface area contributed by atoms with Gasteiger partial charge in [0.05, 0.1) is 17.6 Å². The first-order valence-corrected chi connectivity index (χ1v) is 14.8. The SMILES string of the molecule is CCCC(CCNCC)C(C)(c1ccccc1)c1ccc2nc(OC)c(CC3CCCCC3)c(Cl)c2c1. The maximum atomic E-state index is 7.23. The number of pyridine rings is 1. The Hall–Kier alpha value is -2.10. The molecule has 1 fully saturated rings. The molecular weight excluding hydrogens is 476 g/mol. The van der Waals surface area contributed by atoms with Gasteiger partial charge in [-0.3, -0.25) is 0 Å². The van der Waals surface area contributed by atoms with E-state index in [0.29, 0.717) is 17.7 Å². The summed E-state index contributed by atoms with van der Waals surface area (Å²) in [5.41, 5.74) is 4.55. The van der Waals surface area contributed by atoms with Gasteiger partial charge in [-0.1, -0.05) is 107 Å². The molecule has 200 valence electrons. The number of fused-ring (bicyclic) bond motifs is 1. The number of rotatable bonds is 12. The topological polar surface area (TPSA) is 34.2 Å². The van der Waals surface area contributed by atoms with E-state index in [1.54, 1.807) is 7.11 Å². The van der Waals surface area contributed by atoms with E-state index >= 15 is 0 Å². The van der Waals surface area contributed by atoms with Crippen LogP contribution in [-0.2, 0) is 11.8 Å². The van der Waals surface area contributed by atoms with Crippen LogP contribution in [0.1, 0.15) is 88.8 Å². The van der Waals surface area contributed by atoms with E-state index < -0.39 is 0 Å². The summed E-state index contributed by atoms with van der Waals surface area (Å²) in [4.78, 5) is 4.94. The molecule has 0 radical (unpaired) electrons. The van der Waals surface area contributed by atoms with Gasteiger partial charge in [-0.15, -0.1) is 0 Å². The molecule has 0 saturated heterocycles. The minimum Gasteiger partial charge on any atom is -0.481 e. The summed E-state index contributed by atoms with van der Waals surface area (Å²) >= 11 is 7.23. The zero-order valence-electron chi connectivity index (χ0n) is 23.3. The molecule has 1 heterocycles. The Labute approximate surface area is 229 Å². The molecular formula is C33H45ClN2O. The second-order valence-electron chi connectivity index (χ2n) is 11.0. The van der Waals surface area contributed by atoms with Crippen molar-refractivity contribution in [2.75, 3.05) is 20.2 Å². The molecule has 0 amide bonds. The van der Waals surface area contributed by atoms with Crippen LogP contribution in [0.25, 0.3) is 10.9 Å². The summed E-state index contributed by atoms with van der Waals surface area (Å²) in [6, 6.07) is 17.8. The minimum absolute atomic E-state index is 0.131. The van der Waals surface area contributed by atoms with E-state index in [0.717, 1.165) is 53.8 Å². The molecule has 4 rings (SSSR count). The predicted molar refractivity (Wildman–Crippen MR) is 158 cm³/mol. The lowest BCUT2D eigenvalue weighted by molar-refractivity contribution is 0.297. The van der Waals surface area contributed by atoms with Crippen LogP contribution in [0.4, 0.5) is 0 Å². The molecule has 0 aliphatic heterocycles. The second kappa shape index (κ2) is 13.1. The molecule has 0 spiro atoms. The normalized spacial score (nSPS) is 17.0. The first kappa shape index (κ1) is 27.9. The number of hydrogen-bond acceptors (Lipinski definition) is 3. The fourth-order valence-corrected chi connectivity index (χ4v) is 6.85. The highest BCUT2D eigenvalue weighted by atomic mass is 35.5. The molecule has 1 aliphatic carbocycles. The van der Waals surface area contributed by atoms with Crippen molar-refractivity contribution in [2.45, 2.75) is 84.0 Å². The number of ether oxygens (including phenoxy) is 1. The highest BCUT2D eigenvalue weighted by molar-refractivity contribution is 6.36. The van der Waals surface area contributed by atoms with E-state index in [4.69, 9.17) is 21.3 Å². The number of aromatic nitrogens is 1. The number of nitrogens with one attached hydrogen (secondary N) is 1. The fraction of sp³-hybridized carbons (Fsp3) is 0.545. The third-order valence-electron chi connectivity index (χ3n) is 8.74. The molecule has 2 aromatic carbocycles. The van der Waals surface area contributed by atoms with Gasteiger partial charge in [0.1, 0.15) is 0 Å². The van der Waals surface area contributed by atoms with Crippen molar-refractivity contribution in [3.05, 3.63) is 70.2 Å². The van der Waals surface area contributed by atoms with Gasteiger partial charge in [0.15, 0.2) is 0 Å². The van der Waals surface area contributed by atoms with Gasteiger partial charge < -0.3 is 10.1 Å². The Morgan fingerprint density at radius 2 is 1.78 bits per heavy atom. The fourth-order valence-electron chi connectivity index (χ4n) is 6.54. The molecule has 1 aromatic heterocycles. The van der Waals surface area contributed by atoms with Crippen molar-refractivity contribution in [3.8, 4) is 5.88 Å². The van der Waals surface area contributed by atoms with Gasteiger partial charge in [-0.2, -0.15) is 0 Å². The number of halogens is 1. The molecule has 1 saturated carbocycles. The zero-order chi connectivity index (χ0) is 26.3.